The van der Waals surface area contributed by atoms with Crippen molar-refractivity contribution in [1.82, 2.24) is 0 Å². The van der Waals surface area contributed by atoms with Crippen LogP contribution in [-0.4, -0.2) is 15.9 Å². The molecule has 0 heterocycles. The second kappa shape index (κ2) is 4.75. The van der Waals surface area contributed by atoms with Crippen molar-refractivity contribution in [2.75, 3.05) is 5.32 Å². The lowest BCUT2D eigenvalue weighted by atomic mass is 10.2. The van der Waals surface area contributed by atoms with Crippen molar-refractivity contribution in [1.29, 1.82) is 5.26 Å². The minimum absolute atomic E-state index is 0.0759. The molecule has 7 nitrogen and oxygen atoms in total. The molecular weight excluding hydrogens is 214 g/mol. The first kappa shape index (κ1) is 11.5. The van der Waals surface area contributed by atoms with Gasteiger partial charge in [-0.25, -0.2) is 0 Å². The minimum Gasteiger partial charge on any atom is -0.508 e. The molecule has 82 valence electrons. The Labute approximate surface area is 90.1 Å². The van der Waals surface area contributed by atoms with Crippen molar-refractivity contribution in [2.24, 2.45) is 0 Å². The summed E-state index contributed by atoms with van der Waals surface area (Å²) in [6.45, 7) is 0. The zero-order valence-electron chi connectivity index (χ0n) is 8.01. The zero-order valence-corrected chi connectivity index (χ0v) is 8.01. The standard InChI is InChI=1S/C9H7N3O4/c10-2-1-9(14)11-6-3-7(12(15)16)5-8(13)4-6/h3-5,13H,1H2,(H,11,14). The highest BCUT2D eigenvalue weighted by Gasteiger charge is 2.10. The topological polar surface area (TPSA) is 116 Å². The van der Waals surface area contributed by atoms with E-state index >= 15 is 0 Å². The third kappa shape index (κ3) is 2.95. The normalized spacial score (nSPS) is 9.19. The molecule has 0 unspecified atom stereocenters. The molecule has 1 aromatic rings. The third-order valence-electron chi connectivity index (χ3n) is 1.64. The molecule has 0 saturated carbocycles. The molecule has 7 heteroatoms. The molecule has 1 aromatic carbocycles. The van der Waals surface area contributed by atoms with Gasteiger partial charge in [-0.1, -0.05) is 0 Å². The molecular formula is C9H7N3O4. The van der Waals surface area contributed by atoms with E-state index in [1.807, 2.05) is 0 Å². The highest BCUT2D eigenvalue weighted by Crippen LogP contribution is 2.24. The van der Waals surface area contributed by atoms with Gasteiger partial charge in [0.1, 0.15) is 12.2 Å². The summed E-state index contributed by atoms with van der Waals surface area (Å²) < 4.78 is 0. The Hall–Kier alpha value is -2.62. The van der Waals surface area contributed by atoms with E-state index in [4.69, 9.17) is 10.4 Å². The van der Waals surface area contributed by atoms with Crippen molar-refractivity contribution in [3.8, 4) is 11.8 Å². The van der Waals surface area contributed by atoms with Crippen LogP contribution in [0.4, 0.5) is 11.4 Å². The number of nitrogens with zero attached hydrogens (tertiary/aromatic N) is 2. The Balaban J connectivity index is 2.93. The predicted octanol–water partition coefficient (Wildman–Crippen LogP) is 1.15. The van der Waals surface area contributed by atoms with E-state index in [2.05, 4.69) is 5.32 Å². The van der Waals surface area contributed by atoms with Gasteiger partial charge in [-0.3, -0.25) is 14.9 Å². The molecule has 0 spiro atoms. The molecule has 0 fully saturated rings. The second-order valence-corrected chi connectivity index (χ2v) is 2.88. The first-order valence-corrected chi connectivity index (χ1v) is 4.18. The number of phenolic OH excluding ortho intramolecular Hbond substituents is 1. The van der Waals surface area contributed by atoms with Gasteiger partial charge >= 0.3 is 0 Å². The quantitative estimate of drug-likeness (QED) is 0.586. The number of nitro benzene ring substituents is 1. The van der Waals surface area contributed by atoms with Gasteiger partial charge in [0.05, 0.1) is 22.7 Å². The van der Waals surface area contributed by atoms with Crippen LogP contribution >= 0.6 is 0 Å². The Morgan fingerprint density at radius 3 is 2.81 bits per heavy atom. The molecule has 0 saturated heterocycles. The van der Waals surface area contributed by atoms with Crippen molar-refractivity contribution in [3.05, 3.63) is 28.3 Å². The lowest BCUT2D eigenvalue weighted by Gasteiger charge is -2.03. The SMILES string of the molecule is N#CCC(=O)Nc1cc(O)cc([N+](=O)[O-])c1. The number of nitriles is 1. The third-order valence-corrected chi connectivity index (χ3v) is 1.64. The van der Waals surface area contributed by atoms with Gasteiger partial charge in [0.2, 0.25) is 5.91 Å². The summed E-state index contributed by atoms with van der Waals surface area (Å²) >= 11 is 0. The first-order valence-electron chi connectivity index (χ1n) is 4.18. The van der Waals surface area contributed by atoms with Gasteiger partial charge < -0.3 is 10.4 Å². The summed E-state index contributed by atoms with van der Waals surface area (Å²) in [5, 5.41) is 30.1. The molecule has 16 heavy (non-hydrogen) atoms. The average Bonchev–Trinajstić information content (AvgIpc) is 2.16. The Bertz CT molecular complexity index is 478. The predicted molar refractivity (Wildman–Crippen MR) is 53.6 cm³/mol. The van der Waals surface area contributed by atoms with Crippen molar-refractivity contribution in [2.45, 2.75) is 6.42 Å². The van der Waals surface area contributed by atoms with Gasteiger partial charge in [0.15, 0.2) is 0 Å². The molecule has 0 radical (unpaired) electrons. The summed E-state index contributed by atoms with van der Waals surface area (Å²) in [6, 6.07) is 4.84. The molecule has 0 aromatic heterocycles. The van der Waals surface area contributed by atoms with Crippen LogP contribution in [0.15, 0.2) is 18.2 Å². The number of aromatic hydroxyl groups is 1. The molecule has 2 N–H and O–H groups in total. The van der Waals surface area contributed by atoms with Crippen LogP contribution in [0.5, 0.6) is 5.75 Å². The van der Waals surface area contributed by atoms with Crippen LogP contribution in [0.25, 0.3) is 0 Å². The van der Waals surface area contributed by atoms with Gasteiger partial charge in [-0.15, -0.1) is 0 Å². The van der Waals surface area contributed by atoms with Gasteiger partial charge in [0.25, 0.3) is 5.69 Å². The summed E-state index contributed by atoms with van der Waals surface area (Å²) in [4.78, 5) is 20.8. The van der Waals surface area contributed by atoms with E-state index in [0.29, 0.717) is 0 Å². The number of carbonyl (C=O) groups is 1. The van der Waals surface area contributed by atoms with Crippen LogP contribution in [0.2, 0.25) is 0 Å². The highest BCUT2D eigenvalue weighted by molar-refractivity contribution is 5.92. The average molecular weight is 221 g/mol. The number of nitro groups is 1. The fraction of sp³-hybridized carbons (Fsp3) is 0.111. The van der Waals surface area contributed by atoms with Gasteiger partial charge in [-0.2, -0.15) is 5.26 Å². The summed E-state index contributed by atoms with van der Waals surface area (Å²) in [5.74, 6) is -0.927. The van der Waals surface area contributed by atoms with E-state index in [-0.39, 0.29) is 23.5 Å². The summed E-state index contributed by atoms with van der Waals surface area (Å²) in [6.07, 6.45) is -0.358. The van der Waals surface area contributed by atoms with E-state index in [1.54, 1.807) is 6.07 Å². The van der Waals surface area contributed by atoms with Crippen LogP contribution < -0.4 is 5.32 Å². The monoisotopic (exact) mass is 221 g/mol. The number of non-ortho nitro benzene ring substituents is 1. The number of amides is 1. The molecule has 0 aliphatic rings. The molecule has 0 bridgehead atoms. The molecule has 0 aliphatic heterocycles. The summed E-state index contributed by atoms with van der Waals surface area (Å²) in [5.41, 5.74) is -0.265. The number of hydrogen-bond donors (Lipinski definition) is 2. The van der Waals surface area contributed by atoms with Gasteiger partial charge in [0, 0.05) is 12.1 Å². The number of phenols is 1. The Morgan fingerprint density at radius 1 is 1.56 bits per heavy atom. The largest absolute Gasteiger partial charge is 0.508 e. The Kier molecular flexibility index (Phi) is 3.40. The molecule has 1 amide bonds. The number of hydrogen-bond acceptors (Lipinski definition) is 5. The highest BCUT2D eigenvalue weighted by atomic mass is 16.6. The first-order chi connectivity index (χ1) is 7.52. The van der Waals surface area contributed by atoms with Crippen LogP contribution in [-0.2, 0) is 4.79 Å². The minimum atomic E-state index is -0.695. The second-order valence-electron chi connectivity index (χ2n) is 2.88. The number of anilines is 1. The lowest BCUT2D eigenvalue weighted by Crippen LogP contribution is -2.10. The number of rotatable bonds is 3. The maximum absolute atomic E-state index is 11.0. The van der Waals surface area contributed by atoms with E-state index in [9.17, 15) is 14.9 Å². The zero-order chi connectivity index (χ0) is 12.1. The molecule has 0 atom stereocenters. The van der Waals surface area contributed by atoms with Gasteiger partial charge in [-0.05, 0) is 0 Å². The number of nitrogens with one attached hydrogen (secondary N) is 1. The Morgan fingerprint density at radius 2 is 2.25 bits per heavy atom. The van der Waals surface area contributed by atoms with Crippen LogP contribution in [0.1, 0.15) is 6.42 Å². The maximum Gasteiger partial charge on any atom is 0.275 e. The molecule has 0 aliphatic carbocycles. The van der Waals surface area contributed by atoms with E-state index < -0.39 is 10.8 Å². The number of benzene rings is 1. The summed E-state index contributed by atoms with van der Waals surface area (Å²) in [7, 11) is 0. The fourth-order valence-corrected chi connectivity index (χ4v) is 1.05. The van der Waals surface area contributed by atoms with E-state index in [0.717, 1.165) is 18.2 Å². The lowest BCUT2D eigenvalue weighted by molar-refractivity contribution is -0.384. The van der Waals surface area contributed by atoms with Crippen molar-refractivity contribution >= 4 is 17.3 Å². The fourth-order valence-electron chi connectivity index (χ4n) is 1.05. The smallest absolute Gasteiger partial charge is 0.275 e. The van der Waals surface area contributed by atoms with Crippen LogP contribution in [0, 0.1) is 21.4 Å². The van der Waals surface area contributed by atoms with Crippen molar-refractivity contribution in [3.63, 3.8) is 0 Å². The molecule has 1 rings (SSSR count). The van der Waals surface area contributed by atoms with Crippen molar-refractivity contribution < 1.29 is 14.8 Å². The maximum atomic E-state index is 11.0. The number of carbonyl (C=O) groups excluding carboxylic acids is 1. The van der Waals surface area contributed by atoms with Crippen LogP contribution in [0.3, 0.4) is 0 Å². The van der Waals surface area contributed by atoms with E-state index in [1.165, 1.54) is 0 Å².